The van der Waals surface area contributed by atoms with Crippen LogP contribution in [0.1, 0.15) is 33.1 Å². The van der Waals surface area contributed by atoms with Crippen LogP contribution in [-0.4, -0.2) is 50.3 Å². The number of nitrogens with one attached hydrogen (secondary N) is 1. The molecule has 1 saturated carbocycles. The lowest BCUT2D eigenvalue weighted by Crippen LogP contribution is -2.51. The van der Waals surface area contributed by atoms with Gasteiger partial charge in [0, 0.05) is 31.8 Å². The van der Waals surface area contributed by atoms with Crippen molar-refractivity contribution in [3.63, 3.8) is 0 Å². The molecule has 0 aromatic heterocycles. The lowest BCUT2D eigenvalue weighted by atomic mass is 9.86. The average Bonchev–Trinajstić information content (AvgIpc) is 2.46. The van der Waals surface area contributed by atoms with E-state index < -0.39 is 0 Å². The molecule has 2 unspecified atom stereocenters. The minimum atomic E-state index is 0.437. The van der Waals surface area contributed by atoms with Gasteiger partial charge in [0.15, 0.2) is 0 Å². The maximum atomic E-state index is 5.54. The van der Waals surface area contributed by atoms with Crippen molar-refractivity contribution in [1.82, 2.24) is 10.2 Å². The Hall–Kier alpha value is -0.120. The molecule has 0 aromatic carbocycles. The Bertz CT molecular complexity index is 222. The summed E-state index contributed by atoms with van der Waals surface area (Å²) in [7, 11) is 2.11. The van der Waals surface area contributed by atoms with Gasteiger partial charge >= 0.3 is 0 Å². The molecule has 3 nitrogen and oxygen atoms in total. The van der Waals surface area contributed by atoms with Crippen molar-refractivity contribution >= 4 is 0 Å². The molecule has 1 saturated heterocycles. The monoisotopic (exact) mass is 226 g/mol. The number of hydrogen-bond acceptors (Lipinski definition) is 3. The molecule has 1 heterocycles. The minimum absolute atomic E-state index is 0.437. The van der Waals surface area contributed by atoms with Crippen LogP contribution in [0.25, 0.3) is 0 Å². The van der Waals surface area contributed by atoms with E-state index in [4.69, 9.17) is 4.74 Å². The van der Waals surface area contributed by atoms with Crippen molar-refractivity contribution < 1.29 is 4.74 Å². The van der Waals surface area contributed by atoms with Gasteiger partial charge in [-0.05, 0) is 31.7 Å². The first-order valence-electron chi connectivity index (χ1n) is 6.64. The molecule has 2 rings (SSSR count). The zero-order chi connectivity index (χ0) is 11.6. The second kappa shape index (κ2) is 5.03. The van der Waals surface area contributed by atoms with Crippen molar-refractivity contribution in [2.24, 2.45) is 5.41 Å². The lowest BCUT2D eigenvalue weighted by molar-refractivity contribution is 0.119. The highest BCUT2D eigenvalue weighted by Crippen LogP contribution is 2.39. The molecule has 2 aliphatic rings. The standard InChI is InChI=1S/C13H26N2O/c1-13(2)6-5-11(12(13)14-3)15-7-4-9-16-10-8-15/h11-12,14H,4-10H2,1-3H3. The topological polar surface area (TPSA) is 24.5 Å². The van der Waals surface area contributed by atoms with Gasteiger partial charge in [-0.1, -0.05) is 13.8 Å². The zero-order valence-corrected chi connectivity index (χ0v) is 11.0. The van der Waals surface area contributed by atoms with E-state index in [1.807, 2.05) is 0 Å². The molecule has 16 heavy (non-hydrogen) atoms. The van der Waals surface area contributed by atoms with Gasteiger partial charge in [-0.25, -0.2) is 0 Å². The normalized spacial score (nSPS) is 36.2. The highest BCUT2D eigenvalue weighted by Gasteiger charge is 2.43. The second-order valence-corrected chi connectivity index (χ2v) is 5.86. The zero-order valence-electron chi connectivity index (χ0n) is 11.0. The quantitative estimate of drug-likeness (QED) is 0.772. The maximum absolute atomic E-state index is 5.54. The van der Waals surface area contributed by atoms with Gasteiger partial charge in [0.1, 0.15) is 0 Å². The molecule has 0 bridgehead atoms. The SMILES string of the molecule is CNC1C(N2CCCOCC2)CCC1(C)C. The van der Waals surface area contributed by atoms with Crippen LogP contribution in [-0.2, 0) is 4.74 Å². The predicted molar refractivity (Wildman–Crippen MR) is 66.7 cm³/mol. The van der Waals surface area contributed by atoms with E-state index in [1.165, 1.54) is 25.8 Å². The van der Waals surface area contributed by atoms with E-state index in [2.05, 4.69) is 31.1 Å². The molecule has 1 aliphatic heterocycles. The lowest BCUT2D eigenvalue weighted by Gasteiger charge is -2.36. The third-order valence-corrected chi connectivity index (χ3v) is 4.35. The Morgan fingerprint density at radius 2 is 2.06 bits per heavy atom. The number of rotatable bonds is 2. The molecule has 94 valence electrons. The van der Waals surface area contributed by atoms with Gasteiger partial charge in [-0.2, -0.15) is 0 Å². The summed E-state index contributed by atoms with van der Waals surface area (Å²) in [6, 6.07) is 1.34. The Balaban J connectivity index is 2.02. The van der Waals surface area contributed by atoms with E-state index in [1.54, 1.807) is 0 Å². The highest BCUT2D eigenvalue weighted by atomic mass is 16.5. The van der Waals surface area contributed by atoms with Gasteiger partial charge in [0.2, 0.25) is 0 Å². The Morgan fingerprint density at radius 3 is 2.81 bits per heavy atom. The first-order valence-corrected chi connectivity index (χ1v) is 6.64. The van der Waals surface area contributed by atoms with Gasteiger partial charge in [0.05, 0.1) is 6.61 Å². The van der Waals surface area contributed by atoms with E-state index in [0.29, 0.717) is 17.5 Å². The maximum Gasteiger partial charge on any atom is 0.0593 e. The number of nitrogens with zero attached hydrogens (tertiary/aromatic N) is 1. The van der Waals surface area contributed by atoms with Crippen LogP contribution in [0.5, 0.6) is 0 Å². The number of hydrogen-bond donors (Lipinski definition) is 1. The van der Waals surface area contributed by atoms with Crippen LogP contribution in [0, 0.1) is 5.41 Å². The molecule has 2 fully saturated rings. The predicted octanol–water partition coefficient (Wildman–Crippen LogP) is 1.49. The Labute approximate surface area is 99.5 Å². The van der Waals surface area contributed by atoms with E-state index in [9.17, 15) is 0 Å². The molecule has 3 heteroatoms. The largest absolute Gasteiger partial charge is 0.380 e. The van der Waals surface area contributed by atoms with Crippen molar-refractivity contribution in [1.29, 1.82) is 0 Å². The molecule has 0 spiro atoms. The average molecular weight is 226 g/mol. The van der Waals surface area contributed by atoms with Crippen molar-refractivity contribution in [2.45, 2.75) is 45.2 Å². The van der Waals surface area contributed by atoms with Crippen LogP contribution in [0.2, 0.25) is 0 Å². The van der Waals surface area contributed by atoms with Crippen LogP contribution < -0.4 is 5.32 Å². The summed E-state index contributed by atoms with van der Waals surface area (Å²) in [5, 5.41) is 3.54. The first kappa shape index (κ1) is 12.3. The molecular formula is C13H26N2O. The number of likely N-dealkylation sites (N-methyl/N-ethyl adjacent to an activating group) is 1. The molecular weight excluding hydrogens is 200 g/mol. The van der Waals surface area contributed by atoms with Gasteiger partial charge in [-0.15, -0.1) is 0 Å². The highest BCUT2D eigenvalue weighted by molar-refractivity contribution is 5.00. The van der Waals surface area contributed by atoms with Gasteiger partial charge in [-0.3, -0.25) is 4.90 Å². The van der Waals surface area contributed by atoms with E-state index in [0.717, 1.165) is 19.8 Å². The summed E-state index contributed by atoms with van der Waals surface area (Å²) >= 11 is 0. The Kier molecular flexibility index (Phi) is 3.88. The molecule has 1 aliphatic carbocycles. The van der Waals surface area contributed by atoms with E-state index in [-0.39, 0.29) is 0 Å². The third-order valence-electron chi connectivity index (χ3n) is 4.35. The molecule has 0 amide bonds. The van der Waals surface area contributed by atoms with Crippen LogP contribution in [0.15, 0.2) is 0 Å². The van der Waals surface area contributed by atoms with Crippen molar-refractivity contribution in [3.8, 4) is 0 Å². The molecule has 0 radical (unpaired) electrons. The summed E-state index contributed by atoms with van der Waals surface area (Å²) in [6.07, 6.45) is 3.85. The first-order chi connectivity index (χ1) is 7.65. The fourth-order valence-electron chi connectivity index (χ4n) is 3.44. The summed E-state index contributed by atoms with van der Waals surface area (Å²) in [6.45, 7) is 8.95. The van der Waals surface area contributed by atoms with Crippen LogP contribution in [0.4, 0.5) is 0 Å². The van der Waals surface area contributed by atoms with E-state index >= 15 is 0 Å². The summed E-state index contributed by atoms with van der Waals surface area (Å²) < 4.78 is 5.54. The smallest absolute Gasteiger partial charge is 0.0593 e. The van der Waals surface area contributed by atoms with Crippen molar-refractivity contribution in [2.75, 3.05) is 33.4 Å². The fourth-order valence-corrected chi connectivity index (χ4v) is 3.44. The summed E-state index contributed by atoms with van der Waals surface area (Å²) in [4.78, 5) is 2.64. The minimum Gasteiger partial charge on any atom is -0.380 e. The second-order valence-electron chi connectivity index (χ2n) is 5.86. The summed E-state index contributed by atoms with van der Waals surface area (Å²) in [5.41, 5.74) is 0.437. The van der Waals surface area contributed by atoms with Crippen LogP contribution in [0.3, 0.4) is 0 Å². The fraction of sp³-hybridized carbons (Fsp3) is 1.00. The van der Waals surface area contributed by atoms with Crippen LogP contribution >= 0.6 is 0 Å². The summed E-state index contributed by atoms with van der Waals surface area (Å²) in [5.74, 6) is 0. The third kappa shape index (κ3) is 2.41. The van der Waals surface area contributed by atoms with Gasteiger partial charge < -0.3 is 10.1 Å². The number of ether oxygens (including phenoxy) is 1. The van der Waals surface area contributed by atoms with Crippen molar-refractivity contribution in [3.05, 3.63) is 0 Å². The molecule has 1 N–H and O–H groups in total. The Morgan fingerprint density at radius 1 is 1.25 bits per heavy atom. The molecule has 2 atom stereocenters. The molecule has 0 aromatic rings. The van der Waals surface area contributed by atoms with Gasteiger partial charge in [0.25, 0.3) is 0 Å².